The Balaban J connectivity index is 0.00000400. The van der Waals surface area contributed by atoms with Gasteiger partial charge in [-0.05, 0) is 12.1 Å². The molecule has 0 saturated heterocycles. The summed E-state index contributed by atoms with van der Waals surface area (Å²) in [5.74, 6) is 1.23. The lowest BCUT2D eigenvalue weighted by molar-refractivity contribution is -0.918. The van der Waals surface area contributed by atoms with E-state index in [2.05, 4.69) is 0 Å². The van der Waals surface area contributed by atoms with Crippen LogP contribution in [0.5, 0.6) is 5.75 Å². The van der Waals surface area contributed by atoms with Crippen LogP contribution in [0, 0.1) is 10.1 Å². The zero-order chi connectivity index (χ0) is 15.2. The van der Waals surface area contributed by atoms with Gasteiger partial charge in [0.2, 0.25) is 0 Å². The number of halogens is 3. The molecule has 0 heterocycles. The summed E-state index contributed by atoms with van der Waals surface area (Å²) in [6.07, 6.45) is 0. The van der Waals surface area contributed by atoms with Crippen LogP contribution in [0.15, 0.2) is 18.2 Å². The van der Waals surface area contributed by atoms with E-state index in [0.29, 0.717) is 41.4 Å². The Kier molecular flexibility index (Phi) is 8.97. The van der Waals surface area contributed by atoms with Gasteiger partial charge >= 0.3 is 5.69 Å². The molecule has 0 spiro atoms. The summed E-state index contributed by atoms with van der Waals surface area (Å²) in [6, 6.07) is 5.10. The third kappa shape index (κ3) is 5.51. The van der Waals surface area contributed by atoms with Crippen molar-refractivity contribution in [3.8, 4) is 5.75 Å². The first-order chi connectivity index (χ1) is 9.47. The highest BCUT2D eigenvalue weighted by molar-refractivity contribution is 6.18. The molecule has 8 heteroatoms. The summed E-state index contributed by atoms with van der Waals surface area (Å²) < 4.78 is 5.64. The predicted octanol–water partition coefficient (Wildman–Crippen LogP) is 0.0316. The van der Waals surface area contributed by atoms with Gasteiger partial charge in [0.1, 0.15) is 6.54 Å². The van der Waals surface area contributed by atoms with Crippen LogP contribution in [0.25, 0.3) is 0 Å². The SMILES string of the molecule is COc1cccc(C[N+](C)(CCCl)CCCl)c1[N+](=O)[O-].[Cl-]. The lowest BCUT2D eigenvalue weighted by Gasteiger charge is -2.33. The molecule has 120 valence electrons. The van der Waals surface area contributed by atoms with Crippen LogP contribution in [-0.2, 0) is 6.54 Å². The van der Waals surface area contributed by atoms with E-state index < -0.39 is 4.92 Å². The van der Waals surface area contributed by atoms with Crippen molar-refractivity contribution in [3.63, 3.8) is 0 Å². The van der Waals surface area contributed by atoms with Gasteiger partial charge in [-0.1, -0.05) is 6.07 Å². The summed E-state index contributed by atoms with van der Waals surface area (Å²) in [7, 11) is 3.42. The summed E-state index contributed by atoms with van der Waals surface area (Å²) in [4.78, 5) is 10.9. The number of ether oxygens (including phenoxy) is 1. The molecule has 5 nitrogen and oxygen atoms in total. The maximum Gasteiger partial charge on any atom is 0.319 e. The summed E-state index contributed by atoms with van der Waals surface area (Å²) >= 11 is 11.7. The zero-order valence-electron chi connectivity index (χ0n) is 12.0. The van der Waals surface area contributed by atoms with E-state index in [4.69, 9.17) is 27.9 Å². The summed E-state index contributed by atoms with van der Waals surface area (Å²) in [5.41, 5.74) is 0.649. The molecule has 1 aromatic carbocycles. The monoisotopic (exact) mass is 356 g/mol. The zero-order valence-corrected chi connectivity index (χ0v) is 14.3. The average Bonchev–Trinajstić information content (AvgIpc) is 2.38. The number of quaternary nitrogens is 1. The minimum absolute atomic E-state index is 0. The number of hydrogen-bond donors (Lipinski definition) is 0. The van der Waals surface area contributed by atoms with Crippen molar-refractivity contribution in [2.45, 2.75) is 6.54 Å². The van der Waals surface area contributed by atoms with Crippen molar-refractivity contribution in [2.24, 2.45) is 0 Å². The smallest absolute Gasteiger partial charge is 0.319 e. The molecule has 0 unspecified atom stereocenters. The molecule has 0 atom stereocenters. The van der Waals surface area contributed by atoms with E-state index in [1.807, 2.05) is 7.05 Å². The van der Waals surface area contributed by atoms with Crippen molar-refractivity contribution in [1.82, 2.24) is 0 Å². The van der Waals surface area contributed by atoms with E-state index in [-0.39, 0.29) is 23.8 Å². The molecule has 0 N–H and O–H groups in total. The Labute approximate surface area is 140 Å². The van der Waals surface area contributed by atoms with Crippen molar-refractivity contribution < 1.29 is 26.6 Å². The molecular weight excluding hydrogens is 339 g/mol. The minimum atomic E-state index is -0.403. The Morgan fingerprint density at radius 2 is 1.86 bits per heavy atom. The lowest BCUT2D eigenvalue weighted by atomic mass is 10.1. The second-order valence-corrected chi connectivity index (χ2v) is 5.58. The fourth-order valence-electron chi connectivity index (χ4n) is 2.16. The Morgan fingerprint density at radius 1 is 1.29 bits per heavy atom. The van der Waals surface area contributed by atoms with E-state index in [0.717, 1.165) is 0 Å². The summed E-state index contributed by atoms with van der Waals surface area (Å²) in [6.45, 7) is 1.89. The van der Waals surface area contributed by atoms with Crippen LogP contribution in [0.1, 0.15) is 5.56 Å². The maximum absolute atomic E-state index is 11.3. The molecule has 0 aliphatic carbocycles. The number of para-hydroxylation sites is 1. The molecule has 1 rings (SSSR count). The molecule has 0 bridgehead atoms. The van der Waals surface area contributed by atoms with Crippen molar-refractivity contribution in [1.29, 1.82) is 0 Å². The fourth-order valence-corrected chi connectivity index (χ4v) is 2.97. The van der Waals surface area contributed by atoms with Gasteiger partial charge < -0.3 is 21.6 Å². The number of benzene rings is 1. The molecule has 0 amide bonds. The Morgan fingerprint density at radius 3 is 2.29 bits per heavy atom. The quantitative estimate of drug-likeness (QED) is 0.285. The van der Waals surface area contributed by atoms with Crippen molar-refractivity contribution in [2.75, 3.05) is 39.0 Å². The maximum atomic E-state index is 11.3. The largest absolute Gasteiger partial charge is 1.00 e. The molecule has 0 fully saturated rings. The average molecular weight is 358 g/mol. The van der Waals surface area contributed by atoms with Gasteiger partial charge in [0.25, 0.3) is 0 Å². The van der Waals surface area contributed by atoms with Crippen LogP contribution in [0.2, 0.25) is 0 Å². The van der Waals surface area contributed by atoms with Gasteiger partial charge in [0.05, 0.1) is 49.5 Å². The predicted molar refractivity (Wildman–Crippen MR) is 80.7 cm³/mol. The van der Waals surface area contributed by atoms with Gasteiger partial charge in [-0.15, -0.1) is 23.2 Å². The first kappa shape index (κ1) is 20.2. The molecule has 0 saturated carbocycles. The number of methoxy groups -OCH3 is 1. The van der Waals surface area contributed by atoms with E-state index in [1.165, 1.54) is 7.11 Å². The third-order valence-electron chi connectivity index (χ3n) is 3.29. The number of hydrogen-bond acceptors (Lipinski definition) is 3. The number of alkyl halides is 2. The minimum Gasteiger partial charge on any atom is -1.00 e. The van der Waals surface area contributed by atoms with Gasteiger partial charge in [-0.25, -0.2) is 0 Å². The highest BCUT2D eigenvalue weighted by atomic mass is 35.5. The van der Waals surface area contributed by atoms with Crippen molar-refractivity contribution >= 4 is 28.9 Å². The van der Waals surface area contributed by atoms with Crippen molar-refractivity contribution in [3.05, 3.63) is 33.9 Å². The van der Waals surface area contributed by atoms with E-state index in [9.17, 15) is 10.1 Å². The van der Waals surface area contributed by atoms with Gasteiger partial charge in [-0.2, -0.15) is 0 Å². The number of nitro benzene ring substituents is 1. The number of nitrogens with zero attached hydrogens (tertiary/aromatic N) is 2. The molecule has 21 heavy (non-hydrogen) atoms. The Hall–Kier alpha value is -0.750. The first-order valence-electron chi connectivity index (χ1n) is 6.23. The summed E-state index contributed by atoms with van der Waals surface area (Å²) in [5, 5.41) is 11.3. The number of rotatable bonds is 8. The highest BCUT2D eigenvalue weighted by Gasteiger charge is 2.28. The van der Waals surface area contributed by atoms with Crippen LogP contribution >= 0.6 is 23.2 Å². The molecule has 0 radical (unpaired) electrons. The van der Waals surface area contributed by atoms with Crippen LogP contribution in [0.3, 0.4) is 0 Å². The van der Waals surface area contributed by atoms with E-state index >= 15 is 0 Å². The molecule has 0 aliphatic heterocycles. The van der Waals surface area contributed by atoms with Crippen LogP contribution in [-0.4, -0.2) is 48.4 Å². The topological polar surface area (TPSA) is 52.4 Å². The molecule has 0 aromatic heterocycles. The second kappa shape index (κ2) is 9.30. The van der Waals surface area contributed by atoms with Gasteiger partial charge in [0, 0.05) is 0 Å². The lowest BCUT2D eigenvalue weighted by Crippen LogP contribution is -3.00. The molecular formula is C13H19Cl3N2O3. The highest BCUT2D eigenvalue weighted by Crippen LogP contribution is 2.32. The molecule has 1 aromatic rings. The standard InChI is InChI=1S/C13H19Cl2N2O3.ClH/c1-17(8-6-14,9-7-15)10-11-4-3-5-12(20-2)13(11)16(18)19;/h3-5H,6-10H2,1-2H3;1H/q+1;/p-1. The van der Waals surface area contributed by atoms with Gasteiger partial charge in [-0.3, -0.25) is 10.1 Å². The first-order valence-corrected chi connectivity index (χ1v) is 7.30. The van der Waals surface area contributed by atoms with Gasteiger partial charge in [0.15, 0.2) is 5.75 Å². The van der Waals surface area contributed by atoms with Crippen LogP contribution < -0.4 is 17.1 Å². The van der Waals surface area contributed by atoms with E-state index in [1.54, 1.807) is 18.2 Å². The van der Waals surface area contributed by atoms with Crippen LogP contribution in [0.4, 0.5) is 5.69 Å². The number of nitro groups is 1. The fraction of sp³-hybridized carbons (Fsp3) is 0.538. The Bertz CT molecular complexity index is 466. The normalized spacial score (nSPS) is 10.9. The third-order valence-corrected chi connectivity index (χ3v) is 3.62. The second-order valence-electron chi connectivity index (χ2n) is 4.83. The molecule has 0 aliphatic rings.